The SMILES string of the molecule is CN1C(=O)C(=O)Cc2cccc(S(C)(=O)=O)c21. The van der Waals surface area contributed by atoms with Crippen molar-refractivity contribution in [3.63, 3.8) is 0 Å². The van der Waals surface area contributed by atoms with E-state index in [0.29, 0.717) is 11.3 Å². The lowest BCUT2D eigenvalue weighted by Gasteiger charge is -2.26. The Bertz CT molecular complexity index is 618. The van der Waals surface area contributed by atoms with Crippen LogP contribution in [0.3, 0.4) is 0 Å². The molecular formula is C11H11NO4S. The zero-order valence-corrected chi connectivity index (χ0v) is 10.2. The van der Waals surface area contributed by atoms with Gasteiger partial charge in [-0.3, -0.25) is 9.59 Å². The number of nitrogens with zero attached hydrogens (tertiary/aromatic N) is 1. The van der Waals surface area contributed by atoms with Crippen LogP contribution in [0, 0.1) is 0 Å². The Hall–Kier alpha value is -1.69. The lowest BCUT2D eigenvalue weighted by molar-refractivity contribution is -0.136. The highest BCUT2D eigenvalue weighted by atomic mass is 32.2. The van der Waals surface area contributed by atoms with Crippen LogP contribution in [0.2, 0.25) is 0 Å². The van der Waals surface area contributed by atoms with Crippen molar-refractivity contribution in [3.05, 3.63) is 23.8 Å². The number of ketones is 1. The van der Waals surface area contributed by atoms with E-state index >= 15 is 0 Å². The van der Waals surface area contributed by atoms with E-state index < -0.39 is 21.5 Å². The van der Waals surface area contributed by atoms with Gasteiger partial charge in [-0.15, -0.1) is 0 Å². The molecule has 0 radical (unpaired) electrons. The number of amides is 1. The second-order valence-electron chi connectivity index (χ2n) is 4.00. The predicted molar refractivity (Wildman–Crippen MR) is 61.7 cm³/mol. The van der Waals surface area contributed by atoms with E-state index in [0.717, 1.165) is 11.2 Å². The third kappa shape index (κ3) is 1.84. The van der Waals surface area contributed by atoms with Gasteiger partial charge in [0.2, 0.25) is 5.78 Å². The van der Waals surface area contributed by atoms with Crippen LogP contribution in [0.25, 0.3) is 0 Å². The molecule has 0 unspecified atom stereocenters. The Kier molecular flexibility index (Phi) is 2.54. The van der Waals surface area contributed by atoms with Crippen LogP contribution in [0.4, 0.5) is 5.69 Å². The number of para-hydroxylation sites is 1. The molecule has 1 aliphatic rings. The summed E-state index contributed by atoms with van der Waals surface area (Å²) in [6.07, 6.45) is 1.04. The van der Waals surface area contributed by atoms with Gasteiger partial charge in [0.25, 0.3) is 5.91 Å². The number of fused-ring (bicyclic) bond motifs is 1. The van der Waals surface area contributed by atoms with Gasteiger partial charge < -0.3 is 4.90 Å². The molecule has 1 aromatic rings. The summed E-state index contributed by atoms with van der Waals surface area (Å²) in [7, 11) is -2.01. The highest BCUT2D eigenvalue weighted by Gasteiger charge is 2.32. The van der Waals surface area contributed by atoms with E-state index in [2.05, 4.69) is 0 Å². The Morgan fingerprint density at radius 2 is 1.88 bits per heavy atom. The number of hydrogen-bond acceptors (Lipinski definition) is 4. The van der Waals surface area contributed by atoms with Crippen molar-refractivity contribution < 1.29 is 18.0 Å². The molecule has 0 aliphatic carbocycles. The monoisotopic (exact) mass is 253 g/mol. The predicted octanol–water partition coefficient (Wildman–Crippen LogP) is 0.178. The molecule has 0 N–H and O–H groups in total. The number of carbonyl (C=O) groups is 2. The fraction of sp³-hybridized carbons (Fsp3) is 0.273. The molecule has 1 heterocycles. The molecule has 1 aromatic carbocycles. The topological polar surface area (TPSA) is 71.5 Å². The van der Waals surface area contributed by atoms with Crippen LogP contribution in [0.1, 0.15) is 5.56 Å². The summed E-state index contributed by atoms with van der Waals surface area (Å²) in [5.74, 6) is -1.20. The van der Waals surface area contributed by atoms with Gasteiger partial charge in [-0.05, 0) is 11.6 Å². The van der Waals surface area contributed by atoms with E-state index in [1.54, 1.807) is 12.1 Å². The molecule has 0 fully saturated rings. The molecule has 1 amide bonds. The third-order valence-corrected chi connectivity index (χ3v) is 3.84. The number of anilines is 1. The maximum Gasteiger partial charge on any atom is 0.294 e. The van der Waals surface area contributed by atoms with E-state index in [1.165, 1.54) is 13.1 Å². The average Bonchev–Trinajstić information content (AvgIpc) is 2.24. The number of hydrogen-bond donors (Lipinski definition) is 0. The zero-order valence-electron chi connectivity index (χ0n) is 9.43. The van der Waals surface area contributed by atoms with Crippen molar-refractivity contribution in [2.45, 2.75) is 11.3 Å². The average molecular weight is 253 g/mol. The van der Waals surface area contributed by atoms with E-state index in [1.807, 2.05) is 0 Å². The summed E-state index contributed by atoms with van der Waals surface area (Å²) in [5.41, 5.74) is 0.889. The summed E-state index contributed by atoms with van der Waals surface area (Å²) in [5, 5.41) is 0. The zero-order chi connectivity index (χ0) is 12.8. The minimum absolute atomic E-state index is 0.0398. The second-order valence-corrected chi connectivity index (χ2v) is 5.98. The summed E-state index contributed by atoms with van der Waals surface area (Å²) < 4.78 is 23.2. The van der Waals surface area contributed by atoms with E-state index in [4.69, 9.17) is 0 Å². The largest absolute Gasteiger partial charge is 0.307 e. The molecule has 1 aliphatic heterocycles. The smallest absolute Gasteiger partial charge is 0.294 e. The summed E-state index contributed by atoms with van der Waals surface area (Å²) in [4.78, 5) is 24.1. The van der Waals surface area contributed by atoms with Crippen molar-refractivity contribution in [2.75, 3.05) is 18.2 Å². The van der Waals surface area contributed by atoms with Gasteiger partial charge in [0.05, 0.1) is 10.6 Å². The minimum Gasteiger partial charge on any atom is -0.307 e. The van der Waals surface area contributed by atoms with Crippen LogP contribution in [-0.2, 0) is 25.8 Å². The molecule has 0 saturated heterocycles. The number of likely N-dealkylation sites (N-methyl/N-ethyl adjacent to an activating group) is 1. The quantitative estimate of drug-likeness (QED) is 0.669. The Labute approximate surface area is 99.0 Å². The van der Waals surface area contributed by atoms with Crippen molar-refractivity contribution in [3.8, 4) is 0 Å². The van der Waals surface area contributed by atoms with Crippen LogP contribution < -0.4 is 4.90 Å². The number of rotatable bonds is 1. The minimum atomic E-state index is -3.42. The first-order valence-corrected chi connectivity index (χ1v) is 6.84. The van der Waals surface area contributed by atoms with Crippen molar-refractivity contribution in [1.29, 1.82) is 0 Å². The molecule has 17 heavy (non-hydrogen) atoms. The Morgan fingerprint density at radius 1 is 1.24 bits per heavy atom. The maximum atomic E-state index is 11.6. The lowest BCUT2D eigenvalue weighted by Crippen LogP contribution is -2.39. The summed E-state index contributed by atoms with van der Waals surface area (Å²) in [6, 6.07) is 4.67. The fourth-order valence-corrected chi connectivity index (χ4v) is 2.87. The van der Waals surface area contributed by atoms with Crippen molar-refractivity contribution in [1.82, 2.24) is 0 Å². The van der Waals surface area contributed by atoms with E-state index in [9.17, 15) is 18.0 Å². The van der Waals surface area contributed by atoms with Crippen molar-refractivity contribution in [2.24, 2.45) is 0 Å². The number of Topliss-reactive ketones (excluding diaryl/α,β-unsaturated/α-hetero) is 1. The van der Waals surface area contributed by atoms with Gasteiger partial charge in [-0.2, -0.15) is 0 Å². The van der Waals surface area contributed by atoms with Gasteiger partial charge in [-0.25, -0.2) is 8.42 Å². The van der Waals surface area contributed by atoms with Gasteiger partial charge in [0.15, 0.2) is 9.84 Å². The summed E-state index contributed by atoms with van der Waals surface area (Å²) in [6.45, 7) is 0. The molecule has 2 rings (SSSR count). The molecule has 0 saturated carbocycles. The molecule has 6 heteroatoms. The molecule has 0 atom stereocenters. The molecule has 0 aromatic heterocycles. The first-order valence-electron chi connectivity index (χ1n) is 4.95. The van der Waals surface area contributed by atoms with Crippen molar-refractivity contribution >= 4 is 27.2 Å². The van der Waals surface area contributed by atoms with Crippen LogP contribution in [0.15, 0.2) is 23.1 Å². The third-order valence-electron chi connectivity index (χ3n) is 2.71. The number of carbonyl (C=O) groups excluding carboxylic acids is 2. The standard InChI is InChI=1S/C11H11NO4S/c1-12-10-7(6-8(13)11(12)14)4-3-5-9(10)17(2,15)16/h3-5H,6H2,1-2H3. The normalized spacial score (nSPS) is 16.0. The molecule has 0 bridgehead atoms. The Balaban J connectivity index is 2.75. The first-order chi connectivity index (χ1) is 7.82. The van der Waals surface area contributed by atoms with Crippen LogP contribution >= 0.6 is 0 Å². The lowest BCUT2D eigenvalue weighted by atomic mass is 10.0. The molecular weight excluding hydrogens is 242 g/mol. The van der Waals surface area contributed by atoms with Gasteiger partial charge >= 0.3 is 0 Å². The first kappa shape index (κ1) is 11.8. The second kappa shape index (κ2) is 3.66. The van der Waals surface area contributed by atoms with Gasteiger partial charge in [0, 0.05) is 19.7 Å². The number of benzene rings is 1. The van der Waals surface area contributed by atoms with Crippen LogP contribution in [-0.4, -0.2) is 33.4 Å². The van der Waals surface area contributed by atoms with E-state index in [-0.39, 0.29) is 11.3 Å². The highest BCUT2D eigenvalue weighted by molar-refractivity contribution is 7.90. The molecule has 0 spiro atoms. The maximum absolute atomic E-state index is 11.6. The van der Waals surface area contributed by atoms with Crippen LogP contribution in [0.5, 0.6) is 0 Å². The molecule has 90 valence electrons. The van der Waals surface area contributed by atoms with Gasteiger partial charge in [-0.1, -0.05) is 12.1 Å². The highest BCUT2D eigenvalue weighted by Crippen LogP contribution is 2.32. The fourth-order valence-electron chi connectivity index (χ4n) is 1.93. The summed E-state index contributed by atoms with van der Waals surface area (Å²) >= 11 is 0. The Morgan fingerprint density at radius 3 is 2.47 bits per heavy atom. The molecule has 5 nitrogen and oxygen atoms in total. The number of sulfone groups is 1. The van der Waals surface area contributed by atoms with Gasteiger partial charge in [0.1, 0.15) is 0 Å².